The van der Waals surface area contributed by atoms with E-state index in [2.05, 4.69) is 65.9 Å². The van der Waals surface area contributed by atoms with Gasteiger partial charge in [0, 0.05) is 0 Å². The molecule has 0 amide bonds. The van der Waals surface area contributed by atoms with Crippen molar-refractivity contribution in [1.82, 2.24) is 9.88 Å². The fourth-order valence-electron chi connectivity index (χ4n) is 5.06. The average molecular weight is 631 g/mol. The third-order valence-electron chi connectivity index (χ3n) is 6.83. The Morgan fingerprint density at radius 3 is 2.33 bits per heavy atom. The van der Waals surface area contributed by atoms with Gasteiger partial charge in [-0.2, -0.15) is 0 Å². The first kappa shape index (κ1) is 22.5. The second kappa shape index (κ2) is 8.84. The molecule has 0 atom stereocenters. The Hall–Kier alpha value is -2.25. The Morgan fingerprint density at radius 1 is 1.06 bits per heavy atom. The summed E-state index contributed by atoms with van der Waals surface area (Å²) in [7, 11) is 0. The second-order valence-corrected chi connectivity index (χ2v) is 11.3. The van der Waals surface area contributed by atoms with E-state index in [1.165, 1.54) is 68.6 Å². The summed E-state index contributed by atoms with van der Waals surface area (Å²) < 4.78 is 17.5. The minimum absolute atomic E-state index is 0.00595. The Labute approximate surface area is 211 Å². The molecular formula is C29H28FN2Pb. The first-order chi connectivity index (χ1) is 15.9. The molecule has 1 aliphatic rings. The Kier molecular flexibility index (Phi) is 6.04. The Balaban J connectivity index is 1.90. The van der Waals surface area contributed by atoms with Gasteiger partial charge in [0.25, 0.3) is 0 Å². The normalized spacial score (nSPS) is 14.9. The molecule has 33 heavy (non-hydrogen) atoms. The predicted molar refractivity (Wildman–Crippen MR) is 138 cm³/mol. The van der Waals surface area contributed by atoms with Crippen molar-refractivity contribution in [2.75, 3.05) is 13.1 Å². The van der Waals surface area contributed by atoms with Gasteiger partial charge in [0.2, 0.25) is 0 Å². The van der Waals surface area contributed by atoms with Crippen molar-refractivity contribution < 1.29 is 4.39 Å². The fourth-order valence-corrected chi connectivity index (χ4v) is 6.10. The van der Waals surface area contributed by atoms with Crippen LogP contribution in [0.5, 0.6) is 0 Å². The Morgan fingerprint density at radius 2 is 1.76 bits per heavy atom. The summed E-state index contributed by atoms with van der Waals surface area (Å²) in [6.45, 7) is 10.4. The monoisotopic (exact) mass is 631 g/mol. The number of fused-ring (bicyclic) bond motifs is 1. The number of benzene rings is 3. The molecule has 5 rings (SSSR count). The molecule has 2 nitrogen and oxygen atoms in total. The van der Waals surface area contributed by atoms with Crippen LogP contribution in [0.2, 0.25) is 3.98 Å². The molecule has 1 aromatic heterocycles. The molecule has 1 fully saturated rings. The zero-order valence-electron chi connectivity index (χ0n) is 19.2. The third-order valence-corrected chi connectivity index (χ3v) is 7.80. The maximum atomic E-state index is 13.8. The van der Waals surface area contributed by atoms with Crippen LogP contribution >= 0.6 is 0 Å². The molecule has 0 aliphatic carbocycles. The van der Waals surface area contributed by atoms with Crippen molar-refractivity contribution in [2.24, 2.45) is 0 Å². The van der Waals surface area contributed by atoms with Gasteiger partial charge >= 0.3 is 212 Å². The summed E-state index contributed by atoms with van der Waals surface area (Å²) in [5, 5.41) is 4.83. The van der Waals surface area contributed by atoms with Crippen LogP contribution in [0.15, 0.2) is 73.3 Å². The quantitative estimate of drug-likeness (QED) is 0.242. The van der Waals surface area contributed by atoms with Crippen molar-refractivity contribution in [3.8, 4) is 16.8 Å². The van der Waals surface area contributed by atoms with E-state index in [9.17, 15) is 4.39 Å². The van der Waals surface area contributed by atoms with Crippen LogP contribution in [0.4, 0.5) is 4.39 Å². The number of aryl methyl sites for hydroxylation is 1. The zero-order chi connectivity index (χ0) is 23.2. The van der Waals surface area contributed by atoms with Crippen LogP contribution in [0.1, 0.15) is 30.7 Å². The van der Waals surface area contributed by atoms with Crippen molar-refractivity contribution in [3.05, 3.63) is 95.9 Å². The first-order valence-corrected chi connectivity index (χ1v) is 14.2. The zero-order valence-corrected chi connectivity index (χ0v) is 23.1. The molecule has 1 N–H and O–H groups in total. The van der Waals surface area contributed by atoms with Gasteiger partial charge in [-0.25, -0.2) is 0 Å². The van der Waals surface area contributed by atoms with Gasteiger partial charge in [0.1, 0.15) is 0 Å². The number of rotatable bonds is 6. The molecule has 0 spiro atoms. The van der Waals surface area contributed by atoms with Crippen molar-refractivity contribution in [1.29, 1.82) is 0 Å². The van der Waals surface area contributed by atoms with E-state index >= 15 is 0 Å². The number of hydrogen-bond donors (Lipinski definition) is 1. The second-order valence-electron chi connectivity index (χ2n) is 9.37. The molecule has 4 aromatic rings. The summed E-state index contributed by atoms with van der Waals surface area (Å²) in [5.74, 6) is -0.208. The van der Waals surface area contributed by atoms with Gasteiger partial charge in [-0.3, -0.25) is 0 Å². The van der Waals surface area contributed by atoms with Crippen molar-refractivity contribution in [2.45, 2.75) is 29.7 Å². The number of aromatic nitrogens is 1. The van der Waals surface area contributed by atoms with Crippen LogP contribution in [0.25, 0.3) is 33.3 Å². The van der Waals surface area contributed by atoms with Gasteiger partial charge in [-0.1, -0.05) is 0 Å². The summed E-state index contributed by atoms with van der Waals surface area (Å²) in [6.07, 6.45) is 1.09. The first-order valence-electron chi connectivity index (χ1n) is 11.5. The van der Waals surface area contributed by atoms with Gasteiger partial charge < -0.3 is 0 Å². The van der Waals surface area contributed by atoms with E-state index in [-0.39, 0.29) is 11.2 Å². The standard InChI is InChI=1S/C29H28FN2.Pb/c1-5-20-7-6-8-25-26(20)27(22-11-9-21(10-12-22)19(2)3)28(29(4)17-31-18-29)32(25)24-15-13-23(30)14-16-24;/h6-16,31H,1-2,5,17-18H2,3-4H3;. The third kappa shape index (κ3) is 3.89. The van der Waals surface area contributed by atoms with Crippen molar-refractivity contribution in [3.63, 3.8) is 0 Å². The molecule has 1 aliphatic heterocycles. The summed E-state index contributed by atoms with van der Waals surface area (Å²) in [4.78, 5) is 0. The molecule has 1 saturated heterocycles. The van der Waals surface area contributed by atoms with E-state index < -0.39 is 0 Å². The number of nitrogens with zero attached hydrogens (tertiary/aromatic N) is 1. The molecule has 4 heteroatoms. The summed E-state index contributed by atoms with van der Waals surface area (Å²) in [5.41, 5.74) is 9.71. The van der Waals surface area contributed by atoms with Crippen LogP contribution < -0.4 is 5.32 Å². The number of hydrogen-bond acceptors (Lipinski definition) is 1. The number of nitrogens with one attached hydrogen (secondary N) is 1. The molecule has 2 heterocycles. The molecular weight excluding hydrogens is 603 g/mol. The predicted octanol–water partition coefficient (Wildman–Crippen LogP) is 6.46. The van der Waals surface area contributed by atoms with Crippen LogP contribution in [-0.2, 0) is 11.8 Å². The number of halogens is 1. The maximum absolute atomic E-state index is 13.8. The molecule has 3 radical (unpaired) electrons. The molecule has 0 unspecified atom stereocenters. The molecule has 3 aromatic carbocycles. The van der Waals surface area contributed by atoms with Gasteiger partial charge in [-0.05, 0) is 0 Å². The van der Waals surface area contributed by atoms with E-state index in [0.717, 1.165) is 30.8 Å². The molecule has 0 saturated carbocycles. The van der Waals surface area contributed by atoms with Gasteiger partial charge in [0.15, 0.2) is 0 Å². The average Bonchev–Trinajstić information content (AvgIpc) is 3.15. The molecule has 0 bridgehead atoms. The van der Waals surface area contributed by atoms with Gasteiger partial charge in [-0.15, -0.1) is 0 Å². The van der Waals surface area contributed by atoms with Crippen molar-refractivity contribution >= 4 is 42.2 Å². The van der Waals surface area contributed by atoms with Crippen LogP contribution in [0.3, 0.4) is 0 Å². The van der Waals surface area contributed by atoms with Gasteiger partial charge in [0.05, 0.1) is 0 Å². The number of allylic oxidation sites excluding steroid dienone is 1. The summed E-state index contributed by atoms with van der Waals surface area (Å²) in [6, 6.07) is 22.5. The minimum atomic E-state index is -0.208. The van der Waals surface area contributed by atoms with E-state index in [4.69, 9.17) is 0 Å². The topological polar surface area (TPSA) is 17.0 Å². The fraction of sp³-hybridized carbons (Fsp3) is 0.241. The SMILES string of the molecule is C=C(C)c1ccc(-c2c(C3(C)CNC3)n(-c3ccc(F)cc3)c3cccc(C[CH2][Pb])c23)cc1. The van der Waals surface area contributed by atoms with Crippen LogP contribution in [0, 0.1) is 5.82 Å². The van der Waals surface area contributed by atoms with Crippen LogP contribution in [-0.4, -0.2) is 43.4 Å². The Bertz CT molecular complexity index is 1330. The summed E-state index contributed by atoms with van der Waals surface area (Å²) >= 11 is 1.18. The van der Waals surface area contributed by atoms with E-state index in [1.807, 2.05) is 19.1 Å². The van der Waals surface area contributed by atoms with E-state index in [0.29, 0.717) is 0 Å². The molecule has 165 valence electrons. The van der Waals surface area contributed by atoms with E-state index in [1.54, 1.807) is 12.1 Å².